The Hall–Kier alpha value is -2.73. The zero-order chi connectivity index (χ0) is 18.2. The molecule has 2 N–H and O–H groups in total. The van der Waals surface area contributed by atoms with Crippen molar-refractivity contribution in [2.24, 2.45) is 0 Å². The van der Waals surface area contributed by atoms with Gasteiger partial charge in [0.15, 0.2) is 0 Å². The van der Waals surface area contributed by atoms with Crippen molar-refractivity contribution in [1.29, 1.82) is 0 Å². The molecule has 1 aromatic carbocycles. The minimum atomic E-state index is -0.282. The van der Waals surface area contributed by atoms with Crippen LogP contribution in [0.25, 0.3) is 0 Å². The summed E-state index contributed by atoms with van der Waals surface area (Å²) in [6.45, 7) is 3.71. The van der Waals surface area contributed by atoms with Crippen molar-refractivity contribution in [1.82, 2.24) is 20.5 Å². The van der Waals surface area contributed by atoms with Gasteiger partial charge >= 0.3 is 0 Å². The molecule has 0 aliphatic heterocycles. The third-order valence-electron chi connectivity index (χ3n) is 3.63. The fourth-order valence-electron chi connectivity index (χ4n) is 2.29. The number of amides is 2. The van der Waals surface area contributed by atoms with E-state index in [0.29, 0.717) is 18.7 Å². The van der Waals surface area contributed by atoms with Crippen LogP contribution >= 0.6 is 0 Å². The molecule has 0 aliphatic carbocycles. The van der Waals surface area contributed by atoms with Crippen molar-refractivity contribution in [2.75, 3.05) is 27.2 Å². The quantitative estimate of drug-likeness (QED) is 0.803. The maximum absolute atomic E-state index is 12.3. The minimum absolute atomic E-state index is 0.230. The van der Waals surface area contributed by atoms with E-state index in [4.69, 9.17) is 0 Å². The van der Waals surface area contributed by atoms with E-state index in [2.05, 4.69) is 15.6 Å². The number of aromatic nitrogens is 1. The van der Waals surface area contributed by atoms with Crippen LogP contribution in [0.5, 0.6) is 0 Å². The highest BCUT2D eigenvalue weighted by Crippen LogP contribution is 2.06. The first-order chi connectivity index (χ1) is 12.0. The number of rotatable bonds is 7. The molecular formula is C19H24N4O2. The summed E-state index contributed by atoms with van der Waals surface area (Å²) in [5.41, 5.74) is 2.83. The van der Waals surface area contributed by atoms with Crippen LogP contribution in [-0.2, 0) is 6.54 Å². The van der Waals surface area contributed by atoms with Crippen LogP contribution in [0.2, 0.25) is 0 Å². The fourth-order valence-corrected chi connectivity index (χ4v) is 2.29. The molecule has 0 spiro atoms. The lowest BCUT2D eigenvalue weighted by Crippen LogP contribution is -2.32. The van der Waals surface area contributed by atoms with Crippen molar-refractivity contribution in [3.05, 3.63) is 65.0 Å². The number of carbonyl (C=O) groups is 2. The standard InChI is InChI=1S/C19H24N4O2/c1-14-5-4-6-15(11-14)13-22-18(24)16-7-8-20-17(12-16)19(25)21-9-10-23(2)3/h4-8,11-12H,9-10,13H2,1-3H3,(H,21,25)(H,22,24). The number of nitrogens with zero attached hydrogens (tertiary/aromatic N) is 2. The zero-order valence-corrected chi connectivity index (χ0v) is 14.9. The first kappa shape index (κ1) is 18.6. The Bertz CT molecular complexity index is 744. The second-order valence-corrected chi connectivity index (χ2v) is 6.16. The molecule has 0 unspecified atom stereocenters. The zero-order valence-electron chi connectivity index (χ0n) is 14.9. The Morgan fingerprint density at radius 3 is 2.60 bits per heavy atom. The molecule has 0 aliphatic rings. The van der Waals surface area contributed by atoms with Gasteiger partial charge in [-0.2, -0.15) is 0 Å². The monoisotopic (exact) mass is 340 g/mol. The molecule has 0 saturated heterocycles. The topological polar surface area (TPSA) is 74.3 Å². The van der Waals surface area contributed by atoms with E-state index < -0.39 is 0 Å². The number of carbonyl (C=O) groups excluding carboxylic acids is 2. The van der Waals surface area contributed by atoms with E-state index in [-0.39, 0.29) is 17.5 Å². The van der Waals surface area contributed by atoms with E-state index in [9.17, 15) is 9.59 Å². The van der Waals surface area contributed by atoms with E-state index in [1.807, 2.05) is 50.2 Å². The van der Waals surface area contributed by atoms with Gasteiger partial charge in [-0.1, -0.05) is 29.8 Å². The van der Waals surface area contributed by atoms with Gasteiger partial charge in [-0.25, -0.2) is 0 Å². The number of benzene rings is 1. The van der Waals surface area contributed by atoms with Gasteiger partial charge in [-0.3, -0.25) is 14.6 Å². The number of hydrogen-bond donors (Lipinski definition) is 2. The highest BCUT2D eigenvalue weighted by Gasteiger charge is 2.11. The van der Waals surface area contributed by atoms with Gasteiger partial charge in [0.1, 0.15) is 5.69 Å². The molecule has 0 atom stereocenters. The normalized spacial score (nSPS) is 10.6. The van der Waals surface area contributed by atoms with Crippen molar-refractivity contribution >= 4 is 11.8 Å². The molecule has 6 heteroatoms. The Labute approximate surface area is 148 Å². The predicted molar refractivity (Wildman–Crippen MR) is 97.5 cm³/mol. The number of nitrogens with one attached hydrogen (secondary N) is 2. The SMILES string of the molecule is Cc1cccc(CNC(=O)c2ccnc(C(=O)NCCN(C)C)c2)c1. The summed E-state index contributed by atoms with van der Waals surface area (Å²) in [6.07, 6.45) is 1.47. The second kappa shape index (κ2) is 8.94. The third-order valence-corrected chi connectivity index (χ3v) is 3.63. The van der Waals surface area contributed by atoms with Gasteiger partial charge in [0, 0.05) is 31.4 Å². The van der Waals surface area contributed by atoms with Gasteiger partial charge in [0.2, 0.25) is 0 Å². The molecule has 0 saturated carbocycles. The van der Waals surface area contributed by atoms with Crippen molar-refractivity contribution in [3.8, 4) is 0 Å². The van der Waals surface area contributed by atoms with Crippen LogP contribution in [0, 0.1) is 6.92 Å². The summed E-state index contributed by atoms with van der Waals surface area (Å²) in [5, 5.41) is 5.65. The van der Waals surface area contributed by atoms with E-state index in [0.717, 1.165) is 17.7 Å². The molecule has 0 fully saturated rings. The van der Waals surface area contributed by atoms with Crippen LogP contribution in [0.4, 0.5) is 0 Å². The van der Waals surface area contributed by atoms with Gasteiger partial charge < -0.3 is 15.5 Å². The van der Waals surface area contributed by atoms with Gasteiger partial charge in [0.05, 0.1) is 0 Å². The minimum Gasteiger partial charge on any atom is -0.349 e. The Balaban J connectivity index is 1.95. The Kier molecular flexibility index (Phi) is 6.65. The fraction of sp³-hybridized carbons (Fsp3) is 0.316. The summed E-state index contributed by atoms with van der Waals surface area (Å²) >= 11 is 0. The predicted octanol–water partition coefficient (Wildman–Crippen LogP) is 1.61. The summed E-state index contributed by atoms with van der Waals surface area (Å²) in [4.78, 5) is 30.4. The van der Waals surface area contributed by atoms with Crippen LogP contribution in [0.15, 0.2) is 42.6 Å². The summed E-state index contributed by atoms with van der Waals surface area (Å²) < 4.78 is 0. The van der Waals surface area contributed by atoms with Crippen LogP contribution in [-0.4, -0.2) is 48.9 Å². The lowest BCUT2D eigenvalue weighted by Gasteiger charge is -2.10. The van der Waals surface area contributed by atoms with E-state index >= 15 is 0 Å². The van der Waals surface area contributed by atoms with E-state index in [1.165, 1.54) is 12.3 Å². The molecular weight excluding hydrogens is 316 g/mol. The number of pyridine rings is 1. The third kappa shape index (κ3) is 6.00. The van der Waals surface area contributed by atoms with E-state index in [1.54, 1.807) is 6.07 Å². The Morgan fingerprint density at radius 2 is 1.88 bits per heavy atom. The second-order valence-electron chi connectivity index (χ2n) is 6.16. The lowest BCUT2D eigenvalue weighted by molar-refractivity contribution is 0.0946. The average molecular weight is 340 g/mol. The maximum atomic E-state index is 12.3. The maximum Gasteiger partial charge on any atom is 0.269 e. The van der Waals surface area contributed by atoms with Crippen LogP contribution < -0.4 is 10.6 Å². The molecule has 6 nitrogen and oxygen atoms in total. The highest BCUT2D eigenvalue weighted by atomic mass is 16.2. The Morgan fingerprint density at radius 1 is 1.08 bits per heavy atom. The van der Waals surface area contributed by atoms with Crippen LogP contribution in [0.1, 0.15) is 32.0 Å². The molecule has 1 aromatic heterocycles. The number of aryl methyl sites for hydroxylation is 1. The lowest BCUT2D eigenvalue weighted by atomic mass is 10.1. The number of likely N-dealkylation sites (N-methyl/N-ethyl adjacent to an activating group) is 1. The molecule has 0 radical (unpaired) electrons. The van der Waals surface area contributed by atoms with Gasteiger partial charge in [0.25, 0.3) is 11.8 Å². The molecule has 0 bridgehead atoms. The van der Waals surface area contributed by atoms with Crippen molar-refractivity contribution in [2.45, 2.75) is 13.5 Å². The number of hydrogen-bond acceptors (Lipinski definition) is 4. The first-order valence-corrected chi connectivity index (χ1v) is 8.18. The van der Waals surface area contributed by atoms with Crippen LogP contribution in [0.3, 0.4) is 0 Å². The van der Waals surface area contributed by atoms with Crippen molar-refractivity contribution in [3.63, 3.8) is 0 Å². The highest BCUT2D eigenvalue weighted by molar-refractivity contribution is 5.98. The van der Waals surface area contributed by atoms with Gasteiger partial charge in [-0.05, 0) is 38.7 Å². The largest absolute Gasteiger partial charge is 0.349 e. The molecule has 132 valence electrons. The summed E-state index contributed by atoms with van der Waals surface area (Å²) in [6, 6.07) is 11.1. The molecule has 25 heavy (non-hydrogen) atoms. The molecule has 2 rings (SSSR count). The molecule has 2 aromatic rings. The summed E-state index contributed by atoms with van der Waals surface area (Å²) in [7, 11) is 3.87. The van der Waals surface area contributed by atoms with Crippen molar-refractivity contribution < 1.29 is 9.59 Å². The first-order valence-electron chi connectivity index (χ1n) is 8.18. The summed E-state index contributed by atoms with van der Waals surface area (Å²) in [5.74, 6) is -0.513. The smallest absolute Gasteiger partial charge is 0.269 e. The molecule has 1 heterocycles. The van der Waals surface area contributed by atoms with Gasteiger partial charge in [-0.15, -0.1) is 0 Å². The molecule has 2 amide bonds. The average Bonchev–Trinajstić information content (AvgIpc) is 2.59.